The van der Waals surface area contributed by atoms with Gasteiger partial charge in [-0.15, -0.1) is 0 Å². The van der Waals surface area contributed by atoms with Crippen LogP contribution in [0.25, 0.3) is 72.0 Å². The second-order valence-electron chi connectivity index (χ2n) is 18.1. The van der Waals surface area contributed by atoms with Gasteiger partial charge in [0.25, 0.3) is 0 Å². The summed E-state index contributed by atoms with van der Waals surface area (Å²) in [4.78, 5) is 2.51. The van der Waals surface area contributed by atoms with E-state index in [0.717, 1.165) is 22.7 Å². The van der Waals surface area contributed by atoms with Crippen LogP contribution in [0.15, 0.2) is 206 Å². The Kier molecular flexibility index (Phi) is 7.96. The van der Waals surface area contributed by atoms with E-state index >= 15 is 0 Å². The predicted octanol–water partition coefficient (Wildman–Crippen LogP) is 16.2. The molecule has 0 spiro atoms. The molecule has 0 radical (unpaired) electrons. The molecule has 0 saturated heterocycles. The minimum absolute atomic E-state index is 0.0622. The minimum atomic E-state index is -0.104. The van der Waals surface area contributed by atoms with Gasteiger partial charge in [0.1, 0.15) is 0 Å². The summed E-state index contributed by atoms with van der Waals surface area (Å²) < 4.78 is 2.41. The molecule has 12 rings (SSSR count). The first-order valence-electron chi connectivity index (χ1n) is 21.9. The number of para-hydroxylation sites is 3. The zero-order valence-corrected chi connectivity index (χ0v) is 35.5. The molecule has 0 bridgehead atoms. The average molecular weight is 795 g/mol. The molecule has 10 aromatic rings. The van der Waals surface area contributed by atoms with E-state index in [9.17, 15) is 0 Å². The molecule has 1 heterocycles. The van der Waals surface area contributed by atoms with Crippen LogP contribution in [-0.2, 0) is 10.8 Å². The van der Waals surface area contributed by atoms with Crippen molar-refractivity contribution in [1.29, 1.82) is 0 Å². The van der Waals surface area contributed by atoms with E-state index in [1.54, 1.807) is 0 Å². The van der Waals surface area contributed by atoms with Crippen LogP contribution in [0, 0.1) is 0 Å². The number of hydrogen-bond donors (Lipinski definition) is 0. The van der Waals surface area contributed by atoms with Crippen molar-refractivity contribution >= 4 is 38.9 Å². The third-order valence-corrected chi connectivity index (χ3v) is 14.0. The second kappa shape index (κ2) is 13.5. The van der Waals surface area contributed by atoms with E-state index in [2.05, 4.69) is 243 Å². The third kappa shape index (κ3) is 5.23. The van der Waals surface area contributed by atoms with Gasteiger partial charge in [0, 0.05) is 38.5 Å². The molecule has 62 heavy (non-hydrogen) atoms. The number of rotatable bonds is 6. The molecule has 0 atom stereocenters. The molecule has 0 saturated carbocycles. The zero-order chi connectivity index (χ0) is 41.7. The fourth-order valence-corrected chi connectivity index (χ4v) is 11.0. The Morgan fingerprint density at radius 1 is 0.371 bits per heavy atom. The van der Waals surface area contributed by atoms with Gasteiger partial charge in [0.15, 0.2) is 0 Å². The number of fused-ring (bicyclic) bond motifs is 9. The smallest absolute Gasteiger partial charge is 0.0562 e. The fraction of sp³-hybridized carbons (Fsp3) is 0.100. The Morgan fingerprint density at radius 3 is 1.73 bits per heavy atom. The van der Waals surface area contributed by atoms with Gasteiger partial charge in [-0.05, 0) is 116 Å². The number of nitrogens with zero attached hydrogens (tertiary/aromatic N) is 2. The lowest BCUT2D eigenvalue weighted by molar-refractivity contribution is 0.660. The maximum absolute atomic E-state index is 2.51. The SMILES string of the molecule is CC1(C)c2ccccc2-c2ccc(-c3ccc(N(c4ccccc4-c4cccc5c4-c4ccccc4C5(C)C)c4cccc5c4c4ccccc4n5-c4ccccc4)cc3)cc21. The molecule has 2 nitrogen and oxygen atoms in total. The third-order valence-electron chi connectivity index (χ3n) is 14.0. The molecule has 2 aliphatic rings. The largest absolute Gasteiger partial charge is 0.309 e. The maximum Gasteiger partial charge on any atom is 0.0562 e. The Labute approximate surface area is 364 Å². The molecular formula is C60H46N2. The number of benzene rings is 9. The number of anilines is 3. The van der Waals surface area contributed by atoms with E-state index in [4.69, 9.17) is 0 Å². The van der Waals surface area contributed by atoms with Crippen LogP contribution in [-0.4, -0.2) is 4.57 Å². The first-order valence-corrected chi connectivity index (χ1v) is 21.9. The summed E-state index contributed by atoms with van der Waals surface area (Å²) in [5.74, 6) is 0. The van der Waals surface area contributed by atoms with Gasteiger partial charge in [-0.3, -0.25) is 0 Å². The van der Waals surface area contributed by atoms with Crippen molar-refractivity contribution < 1.29 is 0 Å². The zero-order valence-electron chi connectivity index (χ0n) is 35.5. The fourth-order valence-electron chi connectivity index (χ4n) is 11.0. The highest BCUT2D eigenvalue weighted by molar-refractivity contribution is 6.17. The Hall–Kier alpha value is -7.42. The van der Waals surface area contributed by atoms with Gasteiger partial charge >= 0.3 is 0 Å². The first-order chi connectivity index (χ1) is 30.3. The lowest BCUT2D eigenvalue weighted by Gasteiger charge is -2.29. The molecule has 0 unspecified atom stereocenters. The van der Waals surface area contributed by atoms with Crippen LogP contribution < -0.4 is 4.90 Å². The topological polar surface area (TPSA) is 8.17 Å². The predicted molar refractivity (Wildman–Crippen MR) is 261 cm³/mol. The summed E-state index contributed by atoms with van der Waals surface area (Å²) in [5.41, 5.74) is 22.5. The standard InChI is InChI=1S/C60H46N2/c1-59(2)50-26-13-9-22-47(50)57-46(24-16-27-51(57)59)45-21-10-14-28-53(45)62(56-31-17-30-55-58(56)48-23-11-15-29-54(48)61(55)41-18-6-5-7-19-41)42-35-32-39(33-36-42)40-34-37-44-43-20-8-12-25-49(43)60(3,4)52(44)38-40/h5-38H,1-4H3. The highest BCUT2D eigenvalue weighted by atomic mass is 15.2. The van der Waals surface area contributed by atoms with Crippen molar-refractivity contribution in [1.82, 2.24) is 4.57 Å². The molecule has 0 fully saturated rings. The number of aromatic nitrogens is 1. The molecule has 9 aromatic carbocycles. The van der Waals surface area contributed by atoms with Crippen LogP contribution in [0.2, 0.25) is 0 Å². The molecule has 2 heteroatoms. The van der Waals surface area contributed by atoms with Crippen LogP contribution in [0.3, 0.4) is 0 Å². The molecule has 0 aliphatic heterocycles. The highest BCUT2D eigenvalue weighted by Crippen LogP contribution is 2.55. The van der Waals surface area contributed by atoms with Crippen LogP contribution in [0.1, 0.15) is 49.9 Å². The lowest BCUT2D eigenvalue weighted by atomic mass is 9.81. The Balaban J connectivity index is 1.08. The van der Waals surface area contributed by atoms with Crippen LogP contribution in [0.4, 0.5) is 17.1 Å². The summed E-state index contributed by atoms with van der Waals surface area (Å²) in [6.45, 7) is 9.45. The van der Waals surface area contributed by atoms with Gasteiger partial charge in [-0.1, -0.05) is 179 Å². The lowest BCUT2D eigenvalue weighted by Crippen LogP contribution is -2.15. The summed E-state index contributed by atoms with van der Waals surface area (Å²) in [6, 6.07) is 76.5. The first kappa shape index (κ1) is 36.4. The van der Waals surface area contributed by atoms with E-state index in [1.165, 1.54) is 88.6 Å². The van der Waals surface area contributed by atoms with Crippen LogP contribution >= 0.6 is 0 Å². The summed E-state index contributed by atoms with van der Waals surface area (Å²) in [5, 5.41) is 2.44. The summed E-state index contributed by atoms with van der Waals surface area (Å²) >= 11 is 0. The van der Waals surface area contributed by atoms with Gasteiger partial charge in [0.2, 0.25) is 0 Å². The molecule has 2 aliphatic carbocycles. The minimum Gasteiger partial charge on any atom is -0.309 e. The van der Waals surface area contributed by atoms with Crippen molar-refractivity contribution in [3.63, 3.8) is 0 Å². The normalized spacial score (nSPS) is 14.1. The van der Waals surface area contributed by atoms with Gasteiger partial charge in [0.05, 0.1) is 22.4 Å². The van der Waals surface area contributed by atoms with Gasteiger partial charge < -0.3 is 9.47 Å². The van der Waals surface area contributed by atoms with E-state index in [0.29, 0.717) is 0 Å². The van der Waals surface area contributed by atoms with E-state index in [-0.39, 0.29) is 10.8 Å². The Bertz CT molecular complexity index is 3400. The molecule has 0 N–H and O–H groups in total. The van der Waals surface area contributed by atoms with Crippen LogP contribution in [0.5, 0.6) is 0 Å². The van der Waals surface area contributed by atoms with Crippen molar-refractivity contribution in [3.05, 3.63) is 229 Å². The van der Waals surface area contributed by atoms with E-state index in [1.807, 2.05) is 0 Å². The van der Waals surface area contributed by atoms with Crippen molar-refractivity contribution in [2.24, 2.45) is 0 Å². The maximum atomic E-state index is 2.51. The monoisotopic (exact) mass is 794 g/mol. The molecular weight excluding hydrogens is 749 g/mol. The summed E-state index contributed by atoms with van der Waals surface area (Å²) in [7, 11) is 0. The number of hydrogen-bond acceptors (Lipinski definition) is 1. The second-order valence-corrected chi connectivity index (χ2v) is 18.1. The Morgan fingerprint density at radius 2 is 0.919 bits per heavy atom. The summed E-state index contributed by atoms with van der Waals surface area (Å²) in [6.07, 6.45) is 0. The van der Waals surface area contributed by atoms with Crippen molar-refractivity contribution in [2.45, 2.75) is 38.5 Å². The van der Waals surface area contributed by atoms with Gasteiger partial charge in [-0.25, -0.2) is 0 Å². The van der Waals surface area contributed by atoms with Gasteiger partial charge in [-0.2, -0.15) is 0 Å². The van der Waals surface area contributed by atoms with Crippen molar-refractivity contribution in [3.8, 4) is 50.2 Å². The molecule has 0 amide bonds. The van der Waals surface area contributed by atoms with E-state index < -0.39 is 0 Å². The quantitative estimate of drug-likeness (QED) is 0.163. The highest BCUT2D eigenvalue weighted by Gasteiger charge is 2.38. The molecule has 1 aromatic heterocycles. The average Bonchev–Trinajstić information content (AvgIpc) is 3.87. The molecule has 296 valence electrons. The van der Waals surface area contributed by atoms with Crippen molar-refractivity contribution in [2.75, 3.05) is 4.90 Å².